The SMILES string of the molecule is CCCC1NC(C)(C)CN1C(C)C. The van der Waals surface area contributed by atoms with E-state index in [1.165, 1.54) is 19.4 Å². The van der Waals surface area contributed by atoms with Crippen LogP contribution in [0.4, 0.5) is 0 Å². The van der Waals surface area contributed by atoms with Crippen molar-refractivity contribution in [1.82, 2.24) is 10.2 Å². The van der Waals surface area contributed by atoms with Crippen LogP contribution in [0.5, 0.6) is 0 Å². The van der Waals surface area contributed by atoms with E-state index in [4.69, 9.17) is 0 Å². The molecule has 0 aromatic rings. The molecule has 0 radical (unpaired) electrons. The molecule has 1 rings (SSSR count). The van der Waals surface area contributed by atoms with Gasteiger partial charge in [0.05, 0.1) is 6.17 Å². The summed E-state index contributed by atoms with van der Waals surface area (Å²) in [6.45, 7) is 12.6. The number of nitrogens with one attached hydrogen (secondary N) is 1. The molecule has 0 aromatic heterocycles. The molecular weight excluding hydrogens is 160 g/mol. The fourth-order valence-corrected chi connectivity index (χ4v) is 2.20. The van der Waals surface area contributed by atoms with Crippen LogP contribution in [0.15, 0.2) is 0 Å². The second kappa shape index (κ2) is 3.97. The van der Waals surface area contributed by atoms with E-state index in [1.54, 1.807) is 0 Å². The van der Waals surface area contributed by atoms with Crippen molar-refractivity contribution in [3.63, 3.8) is 0 Å². The highest BCUT2D eigenvalue weighted by atomic mass is 15.4. The zero-order chi connectivity index (χ0) is 10.1. The third-order valence-corrected chi connectivity index (χ3v) is 2.76. The van der Waals surface area contributed by atoms with Gasteiger partial charge in [-0.05, 0) is 34.1 Å². The monoisotopic (exact) mass is 184 g/mol. The highest BCUT2D eigenvalue weighted by Crippen LogP contribution is 2.22. The summed E-state index contributed by atoms with van der Waals surface area (Å²) in [5.74, 6) is 0. The van der Waals surface area contributed by atoms with Gasteiger partial charge in [0.2, 0.25) is 0 Å². The normalized spacial score (nSPS) is 28.6. The first-order valence-electron chi connectivity index (χ1n) is 5.49. The van der Waals surface area contributed by atoms with Gasteiger partial charge >= 0.3 is 0 Å². The summed E-state index contributed by atoms with van der Waals surface area (Å²) in [4.78, 5) is 2.57. The van der Waals surface area contributed by atoms with Crippen molar-refractivity contribution in [3.05, 3.63) is 0 Å². The Hall–Kier alpha value is -0.0800. The first-order valence-corrected chi connectivity index (χ1v) is 5.49. The standard InChI is InChI=1S/C11H24N2/c1-6-7-10-12-11(4,5)8-13(10)9(2)3/h9-10,12H,6-8H2,1-5H3. The lowest BCUT2D eigenvalue weighted by Gasteiger charge is -2.27. The minimum Gasteiger partial charge on any atom is -0.295 e. The summed E-state index contributed by atoms with van der Waals surface area (Å²) in [6, 6.07) is 0.658. The molecule has 1 saturated heterocycles. The van der Waals surface area contributed by atoms with Crippen molar-refractivity contribution in [3.8, 4) is 0 Å². The summed E-state index contributed by atoms with van der Waals surface area (Å²) in [6.07, 6.45) is 3.12. The molecule has 0 saturated carbocycles. The highest BCUT2D eigenvalue weighted by molar-refractivity contribution is 4.94. The fourth-order valence-electron chi connectivity index (χ4n) is 2.20. The Morgan fingerprint density at radius 1 is 1.46 bits per heavy atom. The minimum atomic E-state index is 0.296. The molecule has 2 heteroatoms. The van der Waals surface area contributed by atoms with Crippen LogP contribution in [-0.2, 0) is 0 Å². The molecule has 1 atom stereocenters. The highest BCUT2D eigenvalue weighted by Gasteiger charge is 2.36. The summed E-state index contributed by atoms with van der Waals surface area (Å²) in [5, 5.41) is 3.69. The Bertz CT molecular complexity index is 163. The molecule has 0 aliphatic carbocycles. The maximum atomic E-state index is 3.69. The van der Waals surface area contributed by atoms with E-state index in [0.29, 0.717) is 17.7 Å². The molecule has 2 nitrogen and oxygen atoms in total. The van der Waals surface area contributed by atoms with Crippen molar-refractivity contribution in [2.75, 3.05) is 6.54 Å². The summed E-state index contributed by atoms with van der Waals surface area (Å²) < 4.78 is 0. The Kier molecular flexibility index (Phi) is 3.36. The van der Waals surface area contributed by atoms with Crippen LogP contribution in [-0.4, -0.2) is 29.2 Å². The number of rotatable bonds is 3. The predicted octanol–water partition coefficient (Wildman–Crippen LogP) is 2.20. The third kappa shape index (κ3) is 2.68. The van der Waals surface area contributed by atoms with Crippen molar-refractivity contribution in [2.45, 2.75) is 65.2 Å². The number of hydrogen-bond donors (Lipinski definition) is 1. The van der Waals surface area contributed by atoms with Crippen LogP contribution in [0, 0.1) is 0 Å². The van der Waals surface area contributed by atoms with Gasteiger partial charge in [0.1, 0.15) is 0 Å². The van der Waals surface area contributed by atoms with Crippen LogP contribution in [0.2, 0.25) is 0 Å². The van der Waals surface area contributed by atoms with Gasteiger partial charge < -0.3 is 0 Å². The molecule has 0 aromatic carbocycles. The van der Waals surface area contributed by atoms with Crippen LogP contribution in [0.25, 0.3) is 0 Å². The Labute approximate surface area is 82.7 Å². The summed E-state index contributed by atoms with van der Waals surface area (Å²) in [7, 11) is 0. The average molecular weight is 184 g/mol. The van der Waals surface area contributed by atoms with E-state index in [1.807, 2.05) is 0 Å². The smallest absolute Gasteiger partial charge is 0.0604 e. The van der Waals surface area contributed by atoms with Crippen LogP contribution < -0.4 is 5.32 Å². The molecule has 0 amide bonds. The molecule has 1 fully saturated rings. The molecule has 1 N–H and O–H groups in total. The topological polar surface area (TPSA) is 15.3 Å². The zero-order valence-corrected chi connectivity index (χ0v) is 9.72. The third-order valence-electron chi connectivity index (χ3n) is 2.76. The van der Waals surface area contributed by atoms with E-state index in [-0.39, 0.29) is 0 Å². The van der Waals surface area contributed by atoms with Gasteiger partial charge in [-0.3, -0.25) is 10.2 Å². The summed E-state index contributed by atoms with van der Waals surface area (Å²) in [5.41, 5.74) is 0.296. The van der Waals surface area contributed by atoms with Gasteiger partial charge in [0.25, 0.3) is 0 Å². The van der Waals surface area contributed by atoms with Gasteiger partial charge in [0.15, 0.2) is 0 Å². The van der Waals surface area contributed by atoms with Crippen molar-refractivity contribution < 1.29 is 0 Å². The van der Waals surface area contributed by atoms with Crippen LogP contribution in [0.1, 0.15) is 47.5 Å². The van der Waals surface area contributed by atoms with Crippen LogP contribution >= 0.6 is 0 Å². The minimum absolute atomic E-state index is 0.296. The fraction of sp³-hybridized carbons (Fsp3) is 1.00. The molecule has 78 valence electrons. The predicted molar refractivity (Wildman–Crippen MR) is 57.8 cm³/mol. The van der Waals surface area contributed by atoms with E-state index in [9.17, 15) is 0 Å². The van der Waals surface area contributed by atoms with E-state index in [0.717, 1.165) is 0 Å². The molecule has 1 unspecified atom stereocenters. The van der Waals surface area contributed by atoms with Gasteiger partial charge in [-0.15, -0.1) is 0 Å². The van der Waals surface area contributed by atoms with Crippen molar-refractivity contribution in [1.29, 1.82) is 0 Å². The van der Waals surface area contributed by atoms with Gasteiger partial charge in [-0.2, -0.15) is 0 Å². The lowest BCUT2D eigenvalue weighted by Crippen LogP contribution is -2.41. The Morgan fingerprint density at radius 2 is 2.08 bits per heavy atom. The van der Waals surface area contributed by atoms with Crippen molar-refractivity contribution in [2.24, 2.45) is 0 Å². The first-order chi connectivity index (χ1) is 5.96. The summed E-state index contributed by atoms with van der Waals surface area (Å²) >= 11 is 0. The lowest BCUT2D eigenvalue weighted by molar-refractivity contribution is 0.183. The zero-order valence-electron chi connectivity index (χ0n) is 9.72. The quantitative estimate of drug-likeness (QED) is 0.723. The Balaban J connectivity index is 2.60. The van der Waals surface area contributed by atoms with E-state index < -0.39 is 0 Å². The first kappa shape index (κ1) is 11.0. The largest absolute Gasteiger partial charge is 0.295 e. The maximum Gasteiger partial charge on any atom is 0.0604 e. The van der Waals surface area contributed by atoms with Crippen molar-refractivity contribution >= 4 is 0 Å². The molecule has 1 heterocycles. The molecule has 1 aliphatic rings. The Morgan fingerprint density at radius 3 is 2.54 bits per heavy atom. The van der Waals surface area contributed by atoms with Gasteiger partial charge in [0, 0.05) is 18.1 Å². The van der Waals surface area contributed by atoms with Gasteiger partial charge in [-0.25, -0.2) is 0 Å². The van der Waals surface area contributed by atoms with Gasteiger partial charge in [-0.1, -0.05) is 13.3 Å². The number of nitrogens with zero attached hydrogens (tertiary/aromatic N) is 1. The number of hydrogen-bond acceptors (Lipinski definition) is 2. The molecular formula is C11H24N2. The van der Waals surface area contributed by atoms with E-state index in [2.05, 4.69) is 44.8 Å². The average Bonchev–Trinajstić information content (AvgIpc) is 2.26. The van der Waals surface area contributed by atoms with Crippen LogP contribution in [0.3, 0.4) is 0 Å². The molecule has 0 spiro atoms. The lowest BCUT2D eigenvalue weighted by atomic mass is 10.1. The maximum absolute atomic E-state index is 3.69. The van der Waals surface area contributed by atoms with E-state index >= 15 is 0 Å². The molecule has 1 aliphatic heterocycles. The molecule has 0 bridgehead atoms. The second-order valence-electron chi connectivity index (χ2n) is 5.10. The second-order valence-corrected chi connectivity index (χ2v) is 5.10. The molecule has 13 heavy (non-hydrogen) atoms.